The first-order chi connectivity index (χ1) is 11.1. The van der Waals surface area contributed by atoms with E-state index in [1.807, 2.05) is 13.8 Å². The van der Waals surface area contributed by atoms with Crippen LogP contribution in [0.4, 0.5) is 0 Å². The van der Waals surface area contributed by atoms with E-state index in [0.29, 0.717) is 23.8 Å². The van der Waals surface area contributed by atoms with Gasteiger partial charge in [-0.25, -0.2) is 0 Å². The predicted octanol–water partition coefficient (Wildman–Crippen LogP) is 2.48. The summed E-state index contributed by atoms with van der Waals surface area (Å²) in [5.74, 6) is 0.112. The van der Waals surface area contributed by atoms with Gasteiger partial charge < -0.3 is 15.0 Å². The van der Waals surface area contributed by atoms with Gasteiger partial charge in [-0.2, -0.15) is 4.98 Å². The lowest BCUT2D eigenvalue weighted by Crippen LogP contribution is -2.32. The monoisotopic (exact) mass is 339 g/mol. The van der Waals surface area contributed by atoms with E-state index in [0.717, 1.165) is 37.4 Å². The van der Waals surface area contributed by atoms with Gasteiger partial charge in [0, 0.05) is 13.1 Å². The fourth-order valence-corrected chi connectivity index (χ4v) is 3.83. The molecule has 6 nitrogen and oxygen atoms in total. The van der Waals surface area contributed by atoms with E-state index in [9.17, 15) is 14.7 Å². The van der Waals surface area contributed by atoms with Gasteiger partial charge in [0.05, 0.1) is 11.3 Å². The number of nitrogens with zero attached hydrogens (tertiary/aromatic N) is 2. The number of amides is 1. The second-order valence-corrected chi connectivity index (χ2v) is 6.76. The van der Waals surface area contributed by atoms with Crippen LogP contribution in [0.1, 0.15) is 57.4 Å². The maximum Gasteiger partial charge on any atom is 0.258 e. The summed E-state index contributed by atoms with van der Waals surface area (Å²) in [6.07, 6.45) is 5.19. The minimum atomic E-state index is -0.276. The Bertz CT molecular complexity index is 593. The summed E-state index contributed by atoms with van der Waals surface area (Å²) in [6, 6.07) is 0. The minimum absolute atomic E-state index is 0.00139. The Morgan fingerprint density at radius 2 is 1.96 bits per heavy atom. The Balaban J connectivity index is 2.07. The molecule has 1 aromatic rings. The molecular formula is C16H25N3O3S. The highest BCUT2D eigenvalue weighted by Crippen LogP contribution is 2.34. The molecule has 0 bridgehead atoms. The third kappa shape index (κ3) is 4.50. The molecule has 1 aromatic heterocycles. The van der Waals surface area contributed by atoms with Gasteiger partial charge in [0.2, 0.25) is 11.8 Å². The fourth-order valence-electron chi connectivity index (χ4n) is 3.08. The van der Waals surface area contributed by atoms with Gasteiger partial charge >= 0.3 is 0 Å². The quantitative estimate of drug-likeness (QED) is 0.614. The molecule has 1 aliphatic rings. The second-order valence-electron chi connectivity index (χ2n) is 5.80. The summed E-state index contributed by atoms with van der Waals surface area (Å²) in [5, 5.41) is 10.5. The molecular weight excluding hydrogens is 314 g/mol. The van der Waals surface area contributed by atoms with Gasteiger partial charge in [0.25, 0.3) is 5.56 Å². The van der Waals surface area contributed by atoms with Crippen LogP contribution in [-0.2, 0) is 4.79 Å². The largest absolute Gasteiger partial charge is 0.493 e. The summed E-state index contributed by atoms with van der Waals surface area (Å²) in [5.41, 5.74) is 0.131. The van der Waals surface area contributed by atoms with Gasteiger partial charge in [-0.3, -0.25) is 9.59 Å². The number of hydrogen-bond acceptors (Lipinski definition) is 5. The van der Waals surface area contributed by atoms with Crippen LogP contribution in [0.5, 0.6) is 5.88 Å². The first-order valence-corrected chi connectivity index (χ1v) is 9.29. The molecule has 0 unspecified atom stereocenters. The van der Waals surface area contributed by atoms with Crippen LogP contribution in [0.25, 0.3) is 0 Å². The summed E-state index contributed by atoms with van der Waals surface area (Å²) in [4.78, 5) is 32.8. The van der Waals surface area contributed by atoms with Crippen molar-refractivity contribution < 1.29 is 9.90 Å². The van der Waals surface area contributed by atoms with Crippen molar-refractivity contribution in [2.24, 2.45) is 0 Å². The highest BCUT2D eigenvalue weighted by Gasteiger charge is 2.23. The van der Waals surface area contributed by atoms with Gasteiger partial charge in [0.1, 0.15) is 0 Å². The minimum Gasteiger partial charge on any atom is -0.493 e. The Labute approximate surface area is 140 Å². The van der Waals surface area contributed by atoms with E-state index in [-0.39, 0.29) is 29.0 Å². The van der Waals surface area contributed by atoms with Crippen molar-refractivity contribution in [1.29, 1.82) is 0 Å². The Kier molecular flexibility index (Phi) is 6.50. The maximum atomic E-state index is 12.3. The molecule has 2 N–H and O–H groups in total. The van der Waals surface area contributed by atoms with Crippen LogP contribution in [0.3, 0.4) is 0 Å². The van der Waals surface area contributed by atoms with Crippen molar-refractivity contribution in [3.05, 3.63) is 15.9 Å². The SMILES string of the molecule is CCN(CC)C(=O)CSc1nc(O)c(C2CCCCC2)c(=O)[nH]1. The topological polar surface area (TPSA) is 86.3 Å². The average Bonchev–Trinajstić information content (AvgIpc) is 2.54. The molecule has 0 aromatic carbocycles. The maximum absolute atomic E-state index is 12.3. The Morgan fingerprint density at radius 1 is 1.30 bits per heavy atom. The van der Waals surface area contributed by atoms with Crippen molar-refractivity contribution in [1.82, 2.24) is 14.9 Å². The first-order valence-electron chi connectivity index (χ1n) is 8.30. The molecule has 128 valence electrons. The van der Waals surface area contributed by atoms with E-state index < -0.39 is 0 Å². The highest BCUT2D eigenvalue weighted by atomic mass is 32.2. The molecule has 0 atom stereocenters. The molecule has 7 heteroatoms. The van der Waals surface area contributed by atoms with Gasteiger partial charge in [-0.15, -0.1) is 0 Å². The van der Waals surface area contributed by atoms with Gasteiger partial charge in [-0.1, -0.05) is 31.0 Å². The summed E-state index contributed by atoms with van der Waals surface area (Å²) < 4.78 is 0. The second kappa shape index (κ2) is 8.38. The molecule has 2 rings (SSSR count). The lowest BCUT2D eigenvalue weighted by Gasteiger charge is -2.21. The zero-order valence-electron chi connectivity index (χ0n) is 13.8. The average molecular weight is 339 g/mol. The third-order valence-electron chi connectivity index (χ3n) is 4.38. The molecule has 1 amide bonds. The number of aromatic amines is 1. The van der Waals surface area contributed by atoms with Crippen molar-refractivity contribution in [2.45, 2.75) is 57.0 Å². The molecule has 0 radical (unpaired) electrons. The fraction of sp³-hybridized carbons (Fsp3) is 0.688. The van der Waals surface area contributed by atoms with E-state index in [1.165, 1.54) is 6.42 Å². The zero-order valence-corrected chi connectivity index (χ0v) is 14.6. The number of aromatic hydroxyl groups is 1. The van der Waals surface area contributed by atoms with Crippen molar-refractivity contribution >= 4 is 17.7 Å². The standard InChI is InChI=1S/C16H25N3O3S/c1-3-19(4-2)12(20)10-23-16-17-14(21)13(15(22)18-16)11-8-6-5-7-9-11/h11H,3-10H2,1-2H3,(H2,17,18,21,22). The molecule has 1 aliphatic carbocycles. The van der Waals surface area contributed by atoms with Crippen molar-refractivity contribution in [2.75, 3.05) is 18.8 Å². The number of aromatic nitrogens is 2. The van der Waals surface area contributed by atoms with Gasteiger partial charge in [0.15, 0.2) is 5.16 Å². The first kappa shape index (κ1) is 17.8. The summed E-state index contributed by atoms with van der Waals surface area (Å²) >= 11 is 1.15. The molecule has 1 fully saturated rings. The number of carbonyl (C=O) groups is 1. The van der Waals surface area contributed by atoms with Crippen LogP contribution in [0, 0.1) is 0 Å². The van der Waals surface area contributed by atoms with Crippen LogP contribution in [0.2, 0.25) is 0 Å². The number of thioether (sulfide) groups is 1. The number of rotatable bonds is 6. The molecule has 1 heterocycles. The normalized spacial score (nSPS) is 15.6. The van der Waals surface area contributed by atoms with E-state index in [1.54, 1.807) is 4.90 Å². The van der Waals surface area contributed by atoms with Crippen LogP contribution in [0.15, 0.2) is 9.95 Å². The molecule has 0 spiro atoms. The lowest BCUT2D eigenvalue weighted by atomic mass is 9.85. The van der Waals surface area contributed by atoms with E-state index >= 15 is 0 Å². The number of H-pyrrole nitrogens is 1. The number of carbonyl (C=O) groups excluding carboxylic acids is 1. The van der Waals surface area contributed by atoms with E-state index in [4.69, 9.17) is 0 Å². The van der Waals surface area contributed by atoms with Crippen LogP contribution >= 0.6 is 11.8 Å². The number of nitrogens with one attached hydrogen (secondary N) is 1. The van der Waals surface area contributed by atoms with Gasteiger partial charge in [-0.05, 0) is 32.6 Å². The molecule has 0 aliphatic heterocycles. The number of hydrogen-bond donors (Lipinski definition) is 2. The molecule has 0 saturated heterocycles. The third-order valence-corrected chi connectivity index (χ3v) is 5.23. The van der Waals surface area contributed by atoms with Crippen molar-refractivity contribution in [3.63, 3.8) is 0 Å². The van der Waals surface area contributed by atoms with Crippen molar-refractivity contribution in [3.8, 4) is 5.88 Å². The summed E-state index contributed by atoms with van der Waals surface area (Å²) in [6.45, 7) is 5.17. The highest BCUT2D eigenvalue weighted by molar-refractivity contribution is 7.99. The van der Waals surface area contributed by atoms with E-state index in [2.05, 4.69) is 9.97 Å². The molecule has 1 saturated carbocycles. The smallest absolute Gasteiger partial charge is 0.258 e. The Morgan fingerprint density at radius 3 is 2.52 bits per heavy atom. The lowest BCUT2D eigenvalue weighted by molar-refractivity contribution is -0.127. The zero-order chi connectivity index (χ0) is 16.8. The molecule has 23 heavy (non-hydrogen) atoms. The van der Waals surface area contributed by atoms with Crippen LogP contribution < -0.4 is 5.56 Å². The summed E-state index contributed by atoms with van der Waals surface area (Å²) in [7, 11) is 0. The predicted molar refractivity (Wildman–Crippen MR) is 91.0 cm³/mol. The van der Waals surface area contributed by atoms with Crippen LogP contribution in [-0.4, -0.2) is 44.7 Å². The Hall–Kier alpha value is -1.50.